The van der Waals surface area contributed by atoms with Gasteiger partial charge in [-0.05, 0) is 17.5 Å². The number of aromatic nitrogens is 6. The lowest BCUT2D eigenvalue weighted by molar-refractivity contribution is 0.707. The second-order valence-electron chi connectivity index (χ2n) is 2.91. The third-order valence-electron chi connectivity index (χ3n) is 1.80. The van der Waals surface area contributed by atoms with Crippen molar-refractivity contribution in [2.24, 2.45) is 7.05 Å². The van der Waals surface area contributed by atoms with E-state index in [4.69, 9.17) is 0 Å². The molecule has 0 saturated carbocycles. The van der Waals surface area contributed by atoms with Gasteiger partial charge in [0.15, 0.2) is 5.82 Å². The molecule has 2 rings (SSSR count). The third-order valence-corrected chi connectivity index (χ3v) is 1.80. The zero-order valence-corrected chi connectivity index (χ0v) is 8.05. The molecule has 0 atom stereocenters. The predicted molar refractivity (Wildman–Crippen MR) is 48.7 cm³/mol. The maximum Gasteiger partial charge on any atom is 0.170 e. The van der Waals surface area contributed by atoms with E-state index < -0.39 is 0 Å². The van der Waals surface area contributed by atoms with Gasteiger partial charge in [0, 0.05) is 7.05 Å². The van der Waals surface area contributed by atoms with Crippen molar-refractivity contribution in [2.45, 2.75) is 6.54 Å². The minimum absolute atomic E-state index is 0.627. The predicted octanol–water partition coefficient (Wildman–Crippen LogP) is -0.885. The fourth-order valence-electron chi connectivity index (χ4n) is 1.19. The molecule has 2 aromatic rings. The molecule has 74 valence electrons. The second-order valence-corrected chi connectivity index (χ2v) is 2.91. The Labute approximate surface area is 80.7 Å². The lowest BCUT2D eigenvalue weighted by Gasteiger charge is -1.99. The Bertz CT molecular complexity index is 415. The van der Waals surface area contributed by atoms with Crippen LogP contribution >= 0.6 is 0 Å². The number of nitrogens with one attached hydrogen (secondary N) is 1. The summed E-state index contributed by atoms with van der Waals surface area (Å²) >= 11 is 0. The van der Waals surface area contributed by atoms with Gasteiger partial charge in [-0.1, -0.05) is 0 Å². The summed E-state index contributed by atoms with van der Waals surface area (Å²) < 4.78 is 3.36. The van der Waals surface area contributed by atoms with Gasteiger partial charge >= 0.3 is 0 Å². The van der Waals surface area contributed by atoms with Crippen LogP contribution in [0, 0.1) is 0 Å². The number of aryl methyl sites for hydroxylation is 1. The fourth-order valence-corrected chi connectivity index (χ4v) is 1.19. The Hall–Kier alpha value is -1.76. The van der Waals surface area contributed by atoms with Gasteiger partial charge in [-0.2, -0.15) is 9.78 Å². The summed E-state index contributed by atoms with van der Waals surface area (Å²) in [6, 6.07) is 0. The number of hydrogen-bond acceptors (Lipinski definition) is 5. The van der Waals surface area contributed by atoms with Gasteiger partial charge in [-0.25, -0.2) is 0 Å². The van der Waals surface area contributed by atoms with Crippen molar-refractivity contribution in [1.29, 1.82) is 0 Å². The molecule has 1 N–H and O–H groups in total. The van der Waals surface area contributed by atoms with Crippen molar-refractivity contribution in [3.05, 3.63) is 18.2 Å². The molecule has 0 radical (unpaired) electrons. The summed E-state index contributed by atoms with van der Waals surface area (Å²) in [5, 5.41) is 18.4. The number of hydrogen-bond donors (Lipinski definition) is 1. The topological polar surface area (TPSA) is 73.5 Å². The first-order valence-corrected chi connectivity index (χ1v) is 4.22. The molecule has 2 aromatic heterocycles. The van der Waals surface area contributed by atoms with Gasteiger partial charge in [0.25, 0.3) is 0 Å². The first-order chi connectivity index (χ1) is 6.81. The number of nitrogens with zero attached hydrogens (tertiary/aromatic N) is 6. The van der Waals surface area contributed by atoms with Gasteiger partial charge in [-0.3, -0.25) is 4.68 Å². The van der Waals surface area contributed by atoms with Crippen LogP contribution in [0.2, 0.25) is 0 Å². The van der Waals surface area contributed by atoms with E-state index in [0.29, 0.717) is 6.54 Å². The minimum atomic E-state index is 0.627. The van der Waals surface area contributed by atoms with Crippen LogP contribution in [0.1, 0.15) is 5.82 Å². The van der Waals surface area contributed by atoms with Crippen LogP contribution in [0.4, 0.5) is 0 Å². The average Bonchev–Trinajstić information content (AvgIpc) is 2.74. The van der Waals surface area contributed by atoms with Crippen molar-refractivity contribution in [3.63, 3.8) is 0 Å². The van der Waals surface area contributed by atoms with E-state index in [2.05, 4.69) is 25.9 Å². The molecule has 0 aliphatic heterocycles. The van der Waals surface area contributed by atoms with Crippen LogP contribution < -0.4 is 5.32 Å². The standard InChI is InChI=1S/C7H11N7/c1-8-4-7-10-11-12-14(7)6-3-9-13(2)5-6/h3,5,8H,4H2,1-2H3. The number of tetrazole rings is 1. The molecule has 7 nitrogen and oxygen atoms in total. The van der Waals surface area contributed by atoms with Crippen LogP contribution in [0.3, 0.4) is 0 Å². The van der Waals surface area contributed by atoms with Gasteiger partial charge < -0.3 is 5.32 Å². The van der Waals surface area contributed by atoms with Gasteiger partial charge in [0.1, 0.15) is 5.69 Å². The van der Waals surface area contributed by atoms with Crippen LogP contribution in [0.5, 0.6) is 0 Å². The van der Waals surface area contributed by atoms with Gasteiger partial charge in [0.2, 0.25) is 0 Å². The third kappa shape index (κ3) is 1.49. The molecule has 0 bridgehead atoms. The molecule has 0 fully saturated rings. The molecular weight excluding hydrogens is 182 g/mol. The Balaban J connectivity index is 2.36. The van der Waals surface area contributed by atoms with Crippen LogP contribution in [0.25, 0.3) is 5.69 Å². The summed E-state index contributed by atoms with van der Waals surface area (Å²) in [6.07, 6.45) is 3.57. The largest absolute Gasteiger partial charge is 0.313 e. The molecule has 2 heterocycles. The molecule has 0 spiro atoms. The Morgan fingerprint density at radius 1 is 1.50 bits per heavy atom. The molecule has 0 aliphatic carbocycles. The highest BCUT2D eigenvalue weighted by Gasteiger charge is 2.07. The first kappa shape index (κ1) is 8.82. The van der Waals surface area contributed by atoms with Crippen molar-refractivity contribution >= 4 is 0 Å². The van der Waals surface area contributed by atoms with E-state index in [1.807, 2.05) is 20.3 Å². The van der Waals surface area contributed by atoms with E-state index in [-0.39, 0.29) is 0 Å². The fraction of sp³-hybridized carbons (Fsp3) is 0.429. The minimum Gasteiger partial charge on any atom is -0.313 e. The van der Waals surface area contributed by atoms with E-state index >= 15 is 0 Å². The summed E-state index contributed by atoms with van der Waals surface area (Å²) in [7, 11) is 3.70. The maximum atomic E-state index is 4.05. The van der Waals surface area contributed by atoms with E-state index in [1.54, 1.807) is 15.6 Å². The smallest absolute Gasteiger partial charge is 0.170 e. The van der Waals surface area contributed by atoms with E-state index in [1.165, 1.54) is 0 Å². The molecule has 0 aliphatic rings. The average molecular weight is 193 g/mol. The highest BCUT2D eigenvalue weighted by atomic mass is 15.6. The van der Waals surface area contributed by atoms with Gasteiger partial charge in [-0.15, -0.1) is 5.10 Å². The normalized spacial score (nSPS) is 10.7. The highest BCUT2D eigenvalue weighted by molar-refractivity contribution is 5.24. The summed E-state index contributed by atoms with van der Waals surface area (Å²) in [6.45, 7) is 0.627. The Kier molecular flexibility index (Phi) is 2.23. The van der Waals surface area contributed by atoms with Crippen molar-refractivity contribution in [3.8, 4) is 5.69 Å². The molecule has 7 heteroatoms. The molecule has 0 aromatic carbocycles. The lowest BCUT2D eigenvalue weighted by atomic mass is 10.5. The molecule has 14 heavy (non-hydrogen) atoms. The zero-order valence-electron chi connectivity index (χ0n) is 8.05. The molecule has 0 saturated heterocycles. The van der Waals surface area contributed by atoms with E-state index in [0.717, 1.165) is 11.5 Å². The summed E-state index contributed by atoms with van der Waals surface area (Å²) in [4.78, 5) is 0. The van der Waals surface area contributed by atoms with Crippen LogP contribution in [-0.2, 0) is 13.6 Å². The number of rotatable bonds is 3. The van der Waals surface area contributed by atoms with Crippen molar-refractivity contribution in [2.75, 3.05) is 7.05 Å². The second kappa shape index (κ2) is 3.54. The maximum absolute atomic E-state index is 4.05. The lowest BCUT2D eigenvalue weighted by Crippen LogP contribution is -2.11. The van der Waals surface area contributed by atoms with Crippen LogP contribution in [-0.4, -0.2) is 37.0 Å². The first-order valence-electron chi connectivity index (χ1n) is 4.22. The molecule has 0 amide bonds. The highest BCUT2D eigenvalue weighted by Crippen LogP contribution is 2.04. The quantitative estimate of drug-likeness (QED) is 0.685. The summed E-state index contributed by atoms with van der Waals surface area (Å²) in [5.41, 5.74) is 0.864. The van der Waals surface area contributed by atoms with Crippen LogP contribution in [0.15, 0.2) is 12.4 Å². The molecular formula is C7H11N7. The Morgan fingerprint density at radius 2 is 2.36 bits per heavy atom. The monoisotopic (exact) mass is 193 g/mol. The zero-order chi connectivity index (χ0) is 9.97. The van der Waals surface area contributed by atoms with Gasteiger partial charge in [0.05, 0.1) is 18.9 Å². The van der Waals surface area contributed by atoms with Crippen molar-refractivity contribution in [1.82, 2.24) is 35.3 Å². The van der Waals surface area contributed by atoms with E-state index in [9.17, 15) is 0 Å². The Morgan fingerprint density at radius 3 is 3.00 bits per heavy atom. The summed E-state index contributed by atoms with van der Waals surface area (Å²) in [5.74, 6) is 0.764. The molecule has 0 unspecified atom stereocenters. The van der Waals surface area contributed by atoms with Crippen molar-refractivity contribution < 1.29 is 0 Å². The SMILES string of the molecule is CNCc1nnnn1-c1cnn(C)c1.